The van der Waals surface area contributed by atoms with E-state index in [0.717, 1.165) is 12.8 Å². The van der Waals surface area contributed by atoms with Crippen LogP contribution < -0.4 is 5.73 Å². The quantitative estimate of drug-likeness (QED) is 0.346. The average molecular weight is 488 g/mol. The Morgan fingerprint density at radius 2 is 1.89 bits per heavy atom. The Bertz CT molecular complexity index is 995. The molecule has 3 saturated carbocycles. The Kier molecular flexibility index (Phi) is 5.73. The molecule has 0 aliphatic heterocycles. The van der Waals surface area contributed by atoms with Crippen LogP contribution in [0.5, 0.6) is 0 Å². The van der Waals surface area contributed by atoms with Crippen molar-refractivity contribution in [2.24, 2.45) is 40.7 Å². The van der Waals surface area contributed by atoms with E-state index < -0.39 is 40.1 Å². The van der Waals surface area contributed by atoms with Crippen LogP contribution in [0, 0.1) is 35.0 Å². The predicted octanol–water partition coefficient (Wildman–Crippen LogP) is 2.42. The van der Waals surface area contributed by atoms with E-state index in [-0.39, 0.29) is 36.6 Å². The molecule has 5 aliphatic carbocycles. The molecule has 5 aliphatic rings. The molecule has 0 saturated heterocycles. The van der Waals surface area contributed by atoms with E-state index in [1.807, 2.05) is 13.0 Å². The van der Waals surface area contributed by atoms with Gasteiger partial charge in [0.15, 0.2) is 5.78 Å². The molecule has 7 heteroatoms. The summed E-state index contributed by atoms with van der Waals surface area (Å²) in [6.45, 7) is 7.37. The lowest BCUT2D eigenvalue weighted by Crippen LogP contribution is -2.61. The standard InChI is InChI=1S/C28H41NO6/c1-15-9-21-26(33,23(15)31)13-18(14-30)10-19-22-25(3,4)27(22,12-16(2)28(19,21)34)35-24(32)20(29)11-17-7-5-6-8-17/h9-10,16-17,19-22,30,33-34H,5-8,11-14,29H2,1-4H3/t16-,19+,20+,21-,22-,26-,27+,28-/m1/s1. The van der Waals surface area contributed by atoms with E-state index in [4.69, 9.17) is 10.5 Å². The van der Waals surface area contributed by atoms with Gasteiger partial charge in [-0.3, -0.25) is 9.59 Å². The van der Waals surface area contributed by atoms with Crippen molar-refractivity contribution in [2.45, 2.75) is 95.5 Å². The fourth-order valence-electron chi connectivity index (χ4n) is 8.55. The molecule has 0 amide bonds. The number of nitrogens with two attached hydrogens (primary N) is 1. The summed E-state index contributed by atoms with van der Waals surface area (Å²) in [4.78, 5) is 26.2. The van der Waals surface area contributed by atoms with Crippen LogP contribution in [-0.4, -0.2) is 56.5 Å². The topological polar surface area (TPSA) is 130 Å². The minimum atomic E-state index is -1.78. The Morgan fingerprint density at radius 3 is 2.51 bits per heavy atom. The van der Waals surface area contributed by atoms with Gasteiger partial charge in [0.2, 0.25) is 0 Å². The highest BCUT2D eigenvalue weighted by molar-refractivity contribution is 6.04. The average Bonchev–Trinajstić information content (AvgIpc) is 3.11. The monoisotopic (exact) mass is 487 g/mol. The molecule has 0 aromatic carbocycles. The van der Waals surface area contributed by atoms with Gasteiger partial charge in [0.25, 0.3) is 0 Å². The second-order valence-corrected chi connectivity index (χ2v) is 12.8. The van der Waals surface area contributed by atoms with E-state index in [0.29, 0.717) is 29.9 Å². The number of esters is 1. The molecule has 35 heavy (non-hydrogen) atoms. The normalized spacial score (nSPS) is 45.0. The van der Waals surface area contributed by atoms with Gasteiger partial charge in [-0.1, -0.05) is 58.6 Å². The van der Waals surface area contributed by atoms with E-state index in [9.17, 15) is 24.9 Å². The molecule has 0 aromatic heterocycles. The number of aliphatic hydroxyl groups is 3. The third-order valence-corrected chi connectivity index (χ3v) is 10.5. The molecule has 0 radical (unpaired) electrons. The minimum Gasteiger partial charge on any atom is -0.457 e. The van der Waals surface area contributed by atoms with Crippen LogP contribution >= 0.6 is 0 Å². The third kappa shape index (κ3) is 3.30. The van der Waals surface area contributed by atoms with Crippen molar-refractivity contribution in [2.75, 3.05) is 6.61 Å². The van der Waals surface area contributed by atoms with Gasteiger partial charge < -0.3 is 25.8 Å². The zero-order valence-corrected chi connectivity index (χ0v) is 21.4. The first-order valence-electron chi connectivity index (χ1n) is 13.3. The molecule has 0 unspecified atom stereocenters. The molecule has 0 aromatic rings. The van der Waals surface area contributed by atoms with Crippen LogP contribution in [0.15, 0.2) is 23.3 Å². The second-order valence-electron chi connectivity index (χ2n) is 12.8. The maximum Gasteiger partial charge on any atom is 0.323 e. The first-order chi connectivity index (χ1) is 16.3. The van der Waals surface area contributed by atoms with Crippen molar-refractivity contribution in [3.05, 3.63) is 23.3 Å². The Morgan fingerprint density at radius 1 is 1.23 bits per heavy atom. The first kappa shape index (κ1) is 25.1. The van der Waals surface area contributed by atoms with Crippen LogP contribution in [0.25, 0.3) is 0 Å². The van der Waals surface area contributed by atoms with Crippen LogP contribution in [0.3, 0.4) is 0 Å². The summed E-state index contributed by atoms with van der Waals surface area (Å²) in [5, 5.41) is 34.0. The van der Waals surface area contributed by atoms with Crippen molar-refractivity contribution in [3.63, 3.8) is 0 Å². The van der Waals surface area contributed by atoms with Crippen molar-refractivity contribution in [3.8, 4) is 0 Å². The van der Waals surface area contributed by atoms with Crippen LogP contribution in [0.4, 0.5) is 0 Å². The molecular weight excluding hydrogens is 446 g/mol. The first-order valence-corrected chi connectivity index (χ1v) is 13.3. The molecule has 0 spiro atoms. The summed E-state index contributed by atoms with van der Waals surface area (Å²) in [6, 6.07) is -0.665. The zero-order chi connectivity index (χ0) is 25.6. The molecule has 0 bridgehead atoms. The van der Waals surface area contributed by atoms with Crippen LogP contribution in [-0.2, 0) is 14.3 Å². The SMILES string of the molecule is CC1=C[C@H]2[C@@]3(O)[C@H](C)C[C@]4(OC(=O)[C@@H](N)CC5CCCC5)[C@H]([C@@H]3C=C(CO)C[C@]2(O)C1=O)C4(C)C. The number of fused-ring (bicyclic) bond motifs is 5. The molecule has 194 valence electrons. The van der Waals surface area contributed by atoms with E-state index in [1.165, 1.54) is 12.8 Å². The van der Waals surface area contributed by atoms with Crippen molar-refractivity contribution >= 4 is 11.8 Å². The lowest BCUT2D eigenvalue weighted by atomic mass is 9.60. The fraction of sp³-hybridized carbons (Fsp3) is 0.786. The van der Waals surface area contributed by atoms with E-state index in [1.54, 1.807) is 13.0 Å². The van der Waals surface area contributed by atoms with E-state index in [2.05, 4.69) is 13.8 Å². The predicted molar refractivity (Wildman–Crippen MR) is 130 cm³/mol. The Labute approximate surface area is 207 Å². The number of rotatable bonds is 5. The van der Waals surface area contributed by atoms with Crippen LogP contribution in [0.1, 0.15) is 72.6 Å². The molecule has 8 atom stereocenters. The molecule has 5 N–H and O–H groups in total. The van der Waals surface area contributed by atoms with Gasteiger partial charge >= 0.3 is 5.97 Å². The van der Waals surface area contributed by atoms with E-state index >= 15 is 0 Å². The Balaban J connectivity index is 1.49. The number of ketones is 1. The van der Waals surface area contributed by atoms with Crippen molar-refractivity contribution in [1.82, 2.24) is 0 Å². The summed E-state index contributed by atoms with van der Waals surface area (Å²) in [5.74, 6) is -2.17. The fourth-order valence-corrected chi connectivity index (χ4v) is 8.55. The summed E-state index contributed by atoms with van der Waals surface area (Å²) in [6.07, 6.45) is 9.20. The van der Waals surface area contributed by atoms with Crippen molar-refractivity contribution < 1.29 is 29.6 Å². The van der Waals surface area contributed by atoms with Gasteiger partial charge in [0.1, 0.15) is 17.2 Å². The number of aliphatic hydroxyl groups excluding tert-OH is 1. The molecule has 0 heterocycles. The summed E-state index contributed by atoms with van der Waals surface area (Å²) < 4.78 is 6.28. The van der Waals surface area contributed by atoms with Gasteiger partial charge in [-0.05, 0) is 42.7 Å². The third-order valence-electron chi connectivity index (χ3n) is 10.5. The van der Waals surface area contributed by atoms with Gasteiger partial charge in [0.05, 0.1) is 12.2 Å². The molecule has 7 nitrogen and oxygen atoms in total. The highest BCUT2D eigenvalue weighted by Gasteiger charge is 2.83. The maximum atomic E-state index is 13.2. The lowest BCUT2D eigenvalue weighted by Gasteiger charge is -2.50. The highest BCUT2D eigenvalue weighted by atomic mass is 16.6. The maximum absolute atomic E-state index is 13.2. The summed E-state index contributed by atoms with van der Waals surface area (Å²) in [5.41, 5.74) is 2.87. The smallest absolute Gasteiger partial charge is 0.323 e. The summed E-state index contributed by atoms with van der Waals surface area (Å²) >= 11 is 0. The largest absolute Gasteiger partial charge is 0.457 e. The minimum absolute atomic E-state index is 0.0153. The molecule has 5 rings (SSSR count). The molecular formula is C28H41NO6. The van der Waals surface area contributed by atoms with Gasteiger partial charge in [-0.25, -0.2) is 0 Å². The number of carbonyl (C=O) groups is 2. The lowest BCUT2D eigenvalue weighted by molar-refractivity contribution is -0.187. The van der Waals surface area contributed by atoms with Gasteiger partial charge in [0, 0.05) is 29.6 Å². The number of ether oxygens (including phenoxy) is 1. The number of carbonyl (C=O) groups excluding carboxylic acids is 2. The molecule has 3 fully saturated rings. The Hall–Kier alpha value is -1.54. The van der Waals surface area contributed by atoms with Gasteiger partial charge in [-0.2, -0.15) is 0 Å². The van der Waals surface area contributed by atoms with Crippen molar-refractivity contribution in [1.29, 1.82) is 0 Å². The highest BCUT2D eigenvalue weighted by Crippen LogP contribution is 2.76. The van der Waals surface area contributed by atoms with Crippen LogP contribution in [0.2, 0.25) is 0 Å². The number of hydrogen-bond donors (Lipinski definition) is 4. The number of Topliss-reactive ketones (excluding diaryl/α,β-unsaturated/α-hetero) is 1. The second kappa shape index (κ2) is 7.98. The summed E-state index contributed by atoms with van der Waals surface area (Å²) in [7, 11) is 0. The number of hydrogen-bond acceptors (Lipinski definition) is 7. The van der Waals surface area contributed by atoms with Gasteiger partial charge in [-0.15, -0.1) is 0 Å². The zero-order valence-electron chi connectivity index (χ0n) is 21.4.